The van der Waals surface area contributed by atoms with Gasteiger partial charge >= 0.3 is 0 Å². The van der Waals surface area contributed by atoms with Crippen LogP contribution in [0.5, 0.6) is 11.5 Å². The van der Waals surface area contributed by atoms with E-state index < -0.39 is 21.0 Å². The van der Waals surface area contributed by atoms with Crippen molar-refractivity contribution in [2.24, 2.45) is 0 Å². The van der Waals surface area contributed by atoms with Crippen molar-refractivity contribution in [3.8, 4) is 11.5 Å². The number of nitro groups is 1. The Labute approximate surface area is 192 Å². The number of methoxy groups -OCH3 is 2. The van der Waals surface area contributed by atoms with Gasteiger partial charge in [0.15, 0.2) is 0 Å². The number of hydrogen-bond acceptors (Lipinski definition) is 6. The minimum absolute atomic E-state index is 0.0157. The van der Waals surface area contributed by atoms with Crippen molar-refractivity contribution >= 4 is 15.7 Å². The fourth-order valence-electron chi connectivity index (χ4n) is 4.28. The SMILES string of the molecule is COc1ccc([C@@H]2c3cc(OC)ccc3CC[C@H]2NS(=O)(=O)c2ccc([N+](=O)[O-])cc2)cc1. The Hall–Kier alpha value is -3.43. The molecule has 0 aromatic heterocycles. The van der Waals surface area contributed by atoms with Crippen LogP contribution in [-0.4, -0.2) is 33.6 Å². The summed E-state index contributed by atoms with van der Waals surface area (Å²) in [5.41, 5.74) is 2.93. The maximum absolute atomic E-state index is 13.2. The fraction of sp³-hybridized carbons (Fsp3) is 0.250. The third-order valence-corrected chi connectivity index (χ3v) is 7.46. The first-order chi connectivity index (χ1) is 15.8. The molecule has 0 saturated carbocycles. The summed E-state index contributed by atoms with van der Waals surface area (Å²) in [6, 6.07) is 17.9. The fourth-order valence-corrected chi connectivity index (χ4v) is 5.56. The number of benzene rings is 3. The molecule has 0 spiro atoms. The molecule has 0 bridgehead atoms. The molecule has 4 rings (SSSR count). The van der Waals surface area contributed by atoms with Crippen LogP contribution in [0.25, 0.3) is 0 Å². The molecule has 0 amide bonds. The maximum atomic E-state index is 13.2. The lowest BCUT2D eigenvalue weighted by atomic mass is 9.76. The minimum atomic E-state index is -3.90. The third kappa shape index (κ3) is 4.69. The quantitative estimate of drug-likeness (QED) is 0.414. The Bertz CT molecular complexity index is 1260. The highest BCUT2D eigenvalue weighted by atomic mass is 32.2. The molecule has 0 radical (unpaired) electrons. The number of sulfonamides is 1. The molecule has 2 atom stereocenters. The van der Waals surface area contributed by atoms with Gasteiger partial charge in [-0.1, -0.05) is 18.2 Å². The van der Waals surface area contributed by atoms with E-state index in [9.17, 15) is 18.5 Å². The summed E-state index contributed by atoms with van der Waals surface area (Å²) in [6.07, 6.45) is 1.31. The normalized spacial score (nSPS) is 17.8. The number of nitro benzene ring substituents is 1. The summed E-state index contributed by atoms with van der Waals surface area (Å²) in [5, 5.41) is 10.9. The second-order valence-corrected chi connectivity index (χ2v) is 9.55. The highest BCUT2D eigenvalue weighted by Crippen LogP contribution is 2.39. The van der Waals surface area contributed by atoms with E-state index in [1.165, 1.54) is 24.3 Å². The van der Waals surface area contributed by atoms with Crippen molar-refractivity contribution < 1.29 is 22.8 Å². The van der Waals surface area contributed by atoms with Gasteiger partial charge in [0.1, 0.15) is 11.5 Å². The van der Waals surface area contributed by atoms with Crippen molar-refractivity contribution in [2.75, 3.05) is 14.2 Å². The molecule has 0 unspecified atom stereocenters. The highest BCUT2D eigenvalue weighted by Gasteiger charge is 2.34. The zero-order chi connectivity index (χ0) is 23.6. The second-order valence-electron chi connectivity index (χ2n) is 7.83. The Morgan fingerprint density at radius 2 is 1.58 bits per heavy atom. The average molecular weight is 469 g/mol. The lowest BCUT2D eigenvalue weighted by Crippen LogP contribution is -2.42. The van der Waals surface area contributed by atoms with Crippen LogP contribution in [0.3, 0.4) is 0 Å². The highest BCUT2D eigenvalue weighted by molar-refractivity contribution is 7.89. The zero-order valence-corrected chi connectivity index (χ0v) is 19.0. The molecule has 0 heterocycles. The predicted molar refractivity (Wildman–Crippen MR) is 123 cm³/mol. The standard InChI is InChI=1S/C24H24N2O6S/c1-31-19-9-4-17(5-10-19)24-22-15-20(32-2)11-3-16(22)6-14-23(24)25-33(29,30)21-12-7-18(8-13-21)26(27)28/h3-5,7-13,15,23-25H,6,14H2,1-2H3/t23-,24-/m1/s1. The molecule has 1 aliphatic rings. The molecule has 1 aliphatic carbocycles. The van der Waals surface area contributed by atoms with Gasteiger partial charge in [-0.3, -0.25) is 10.1 Å². The minimum Gasteiger partial charge on any atom is -0.497 e. The van der Waals surface area contributed by atoms with Crippen molar-refractivity contribution in [1.82, 2.24) is 4.72 Å². The number of fused-ring (bicyclic) bond motifs is 1. The maximum Gasteiger partial charge on any atom is 0.269 e. The van der Waals surface area contributed by atoms with Gasteiger partial charge in [-0.15, -0.1) is 0 Å². The van der Waals surface area contributed by atoms with Crippen LogP contribution >= 0.6 is 0 Å². The lowest BCUT2D eigenvalue weighted by Gasteiger charge is -2.34. The van der Waals surface area contributed by atoms with Gasteiger partial charge in [0.05, 0.1) is 24.0 Å². The molecular formula is C24H24N2O6S. The van der Waals surface area contributed by atoms with E-state index >= 15 is 0 Å². The molecule has 3 aromatic carbocycles. The van der Waals surface area contributed by atoms with Crippen LogP contribution < -0.4 is 14.2 Å². The summed E-state index contributed by atoms with van der Waals surface area (Å²) in [7, 11) is -0.710. The third-order valence-electron chi connectivity index (χ3n) is 5.95. The summed E-state index contributed by atoms with van der Waals surface area (Å²) in [4.78, 5) is 10.3. The number of nitrogens with one attached hydrogen (secondary N) is 1. The molecule has 0 aliphatic heterocycles. The Morgan fingerprint density at radius 3 is 2.18 bits per heavy atom. The van der Waals surface area contributed by atoms with E-state index in [4.69, 9.17) is 9.47 Å². The van der Waals surface area contributed by atoms with E-state index in [1.54, 1.807) is 14.2 Å². The zero-order valence-electron chi connectivity index (χ0n) is 18.2. The number of aryl methyl sites for hydroxylation is 1. The monoisotopic (exact) mass is 468 g/mol. The van der Waals surface area contributed by atoms with Crippen molar-refractivity contribution in [1.29, 1.82) is 0 Å². The van der Waals surface area contributed by atoms with Crippen molar-refractivity contribution in [3.63, 3.8) is 0 Å². The van der Waals surface area contributed by atoms with Gasteiger partial charge in [-0.2, -0.15) is 0 Å². The lowest BCUT2D eigenvalue weighted by molar-refractivity contribution is -0.384. The van der Waals surface area contributed by atoms with Crippen molar-refractivity contribution in [3.05, 3.63) is 93.5 Å². The van der Waals surface area contributed by atoms with E-state index in [0.717, 1.165) is 16.7 Å². The van der Waals surface area contributed by atoms with E-state index in [0.29, 0.717) is 24.3 Å². The number of rotatable bonds is 7. The smallest absolute Gasteiger partial charge is 0.269 e. The van der Waals surface area contributed by atoms with Gasteiger partial charge < -0.3 is 9.47 Å². The van der Waals surface area contributed by atoms with E-state index in [2.05, 4.69) is 4.72 Å². The molecule has 0 saturated heterocycles. The van der Waals surface area contributed by atoms with Gasteiger partial charge in [-0.25, -0.2) is 13.1 Å². The molecule has 3 aromatic rings. The number of ether oxygens (including phenoxy) is 2. The number of nitrogens with zero attached hydrogens (tertiary/aromatic N) is 1. The Balaban J connectivity index is 1.72. The Morgan fingerprint density at radius 1 is 0.939 bits per heavy atom. The number of non-ortho nitro benzene ring substituents is 1. The molecule has 1 N–H and O–H groups in total. The van der Waals surface area contributed by atoms with Crippen LogP contribution in [0.1, 0.15) is 29.0 Å². The summed E-state index contributed by atoms with van der Waals surface area (Å²) in [6.45, 7) is 0. The summed E-state index contributed by atoms with van der Waals surface area (Å²) >= 11 is 0. The first-order valence-electron chi connectivity index (χ1n) is 10.4. The molecule has 8 nitrogen and oxygen atoms in total. The molecule has 0 fully saturated rings. The first-order valence-corrected chi connectivity index (χ1v) is 11.9. The van der Waals surface area contributed by atoms with Crippen molar-refractivity contribution in [2.45, 2.75) is 29.7 Å². The van der Waals surface area contributed by atoms with Crippen LogP contribution in [0.2, 0.25) is 0 Å². The summed E-state index contributed by atoms with van der Waals surface area (Å²) in [5.74, 6) is 1.16. The van der Waals surface area contributed by atoms with Gasteiger partial charge in [0, 0.05) is 24.1 Å². The van der Waals surface area contributed by atoms with Crippen LogP contribution in [-0.2, 0) is 16.4 Å². The van der Waals surface area contributed by atoms with Crippen LogP contribution in [0.4, 0.5) is 5.69 Å². The molecule has 33 heavy (non-hydrogen) atoms. The van der Waals surface area contributed by atoms with E-state index in [-0.39, 0.29) is 16.5 Å². The van der Waals surface area contributed by atoms with Gasteiger partial charge in [-0.05, 0) is 65.9 Å². The molecule has 9 heteroatoms. The van der Waals surface area contributed by atoms with E-state index in [1.807, 2.05) is 42.5 Å². The average Bonchev–Trinajstić information content (AvgIpc) is 2.83. The Kier molecular flexibility index (Phi) is 6.35. The van der Waals surface area contributed by atoms with Gasteiger partial charge in [0.25, 0.3) is 5.69 Å². The molecule has 172 valence electrons. The largest absolute Gasteiger partial charge is 0.497 e. The second kappa shape index (κ2) is 9.21. The van der Waals surface area contributed by atoms with Crippen LogP contribution in [0, 0.1) is 10.1 Å². The predicted octanol–water partition coefficient (Wildman–Crippen LogP) is 4.04. The number of hydrogen-bond donors (Lipinski definition) is 1. The molecular weight excluding hydrogens is 444 g/mol. The van der Waals surface area contributed by atoms with Crippen LogP contribution in [0.15, 0.2) is 71.6 Å². The summed E-state index contributed by atoms with van der Waals surface area (Å²) < 4.78 is 39.9. The first kappa shape index (κ1) is 22.8. The topological polar surface area (TPSA) is 108 Å². The van der Waals surface area contributed by atoms with Gasteiger partial charge in [0.2, 0.25) is 10.0 Å².